The number of nitrogens with two attached hydrogens (primary N) is 1. The van der Waals surface area contributed by atoms with Crippen LogP contribution in [0, 0.1) is 16.7 Å². The molecule has 2 aliphatic rings. The highest BCUT2D eigenvalue weighted by Crippen LogP contribution is 2.64. The van der Waals surface area contributed by atoms with E-state index in [0.717, 1.165) is 6.42 Å². The molecule has 0 heterocycles. The van der Waals surface area contributed by atoms with E-state index in [1.807, 2.05) is 13.8 Å². The van der Waals surface area contributed by atoms with E-state index >= 15 is 0 Å². The van der Waals surface area contributed by atoms with Crippen LogP contribution in [0.15, 0.2) is 0 Å². The van der Waals surface area contributed by atoms with Crippen molar-refractivity contribution in [1.82, 2.24) is 4.31 Å². The Morgan fingerprint density at radius 3 is 2.56 bits per heavy atom. The fraction of sp³-hybridized carbons (Fsp3) is 0.818. The van der Waals surface area contributed by atoms with Gasteiger partial charge in [-0.15, -0.1) is 0 Å². The number of ketones is 1. The Kier molecular flexibility index (Phi) is 3.02. The fourth-order valence-corrected chi connectivity index (χ4v) is 4.08. The number of carbonyl (C=O) groups is 2. The van der Waals surface area contributed by atoms with Crippen molar-refractivity contribution in [3.8, 4) is 0 Å². The maximum Gasteiger partial charge on any atom is 0.328 e. The molecule has 2 amide bonds. The molecule has 2 rings (SSSR count). The van der Waals surface area contributed by atoms with Crippen LogP contribution >= 0.6 is 0 Å². The van der Waals surface area contributed by atoms with Crippen molar-refractivity contribution in [2.75, 3.05) is 6.54 Å². The third kappa shape index (κ3) is 1.60. The largest absolute Gasteiger partial charge is 0.351 e. The van der Waals surface area contributed by atoms with Gasteiger partial charge in [-0.1, -0.05) is 13.8 Å². The lowest BCUT2D eigenvalue weighted by atomic mass is 9.69. The summed E-state index contributed by atoms with van der Waals surface area (Å²) < 4.78 is 20.9. The van der Waals surface area contributed by atoms with Crippen LogP contribution in [-0.4, -0.2) is 31.4 Å². The van der Waals surface area contributed by atoms with Gasteiger partial charge in [0.05, 0.1) is 12.0 Å². The number of rotatable bonds is 3. The van der Waals surface area contributed by atoms with Gasteiger partial charge in [0.25, 0.3) is 11.3 Å². The number of nitrogens with zero attached hydrogens (tertiary/aromatic N) is 1. The first-order valence-electron chi connectivity index (χ1n) is 5.93. The monoisotopic (exact) mass is 274 g/mol. The number of urea groups is 1. The second-order valence-corrected chi connectivity index (χ2v) is 6.67. The van der Waals surface area contributed by atoms with E-state index in [4.69, 9.17) is 10.3 Å². The summed E-state index contributed by atoms with van der Waals surface area (Å²) in [6, 6.07) is -0.968. The maximum atomic E-state index is 12.2. The van der Waals surface area contributed by atoms with E-state index in [0.29, 0.717) is 23.1 Å². The average molecular weight is 274 g/mol. The first-order valence-corrected chi connectivity index (χ1v) is 7.00. The highest BCUT2D eigenvalue weighted by atomic mass is 32.2. The van der Waals surface area contributed by atoms with E-state index in [1.54, 1.807) is 0 Å². The van der Waals surface area contributed by atoms with Gasteiger partial charge in [0.1, 0.15) is 5.78 Å². The third-order valence-corrected chi connectivity index (χ3v) is 5.67. The predicted octanol–water partition coefficient (Wildman–Crippen LogP) is 0.899. The number of primary amides is 1. The number of fused-ring (bicyclic) bond motifs is 2. The minimum Gasteiger partial charge on any atom is -0.351 e. The molecular weight excluding hydrogens is 256 g/mol. The smallest absolute Gasteiger partial charge is 0.328 e. The summed E-state index contributed by atoms with van der Waals surface area (Å²) in [6.07, 6.45) is 2.07. The fourth-order valence-electron chi connectivity index (χ4n) is 3.60. The lowest BCUT2D eigenvalue weighted by molar-refractivity contribution is -0.129. The summed E-state index contributed by atoms with van der Waals surface area (Å²) >= 11 is -2.48. The molecule has 18 heavy (non-hydrogen) atoms. The van der Waals surface area contributed by atoms with Gasteiger partial charge in [-0.05, 0) is 24.2 Å². The Bertz CT molecular complexity index is 423. The van der Waals surface area contributed by atoms with Crippen LogP contribution in [0.1, 0.15) is 33.1 Å². The Labute approximate surface area is 108 Å². The van der Waals surface area contributed by atoms with Crippen molar-refractivity contribution in [1.29, 1.82) is 0 Å². The summed E-state index contributed by atoms with van der Waals surface area (Å²) in [5.41, 5.74) is 4.13. The molecule has 0 aromatic heterocycles. The van der Waals surface area contributed by atoms with Crippen molar-refractivity contribution in [3.05, 3.63) is 0 Å². The summed E-state index contributed by atoms with van der Waals surface area (Å²) in [4.78, 5) is 23.4. The molecule has 7 heteroatoms. The molecule has 0 radical (unpaired) electrons. The van der Waals surface area contributed by atoms with E-state index in [1.165, 1.54) is 0 Å². The van der Waals surface area contributed by atoms with Crippen LogP contribution in [0.2, 0.25) is 0 Å². The Morgan fingerprint density at radius 1 is 1.61 bits per heavy atom. The Balaban J connectivity index is 2.34. The second kappa shape index (κ2) is 4.03. The average Bonchev–Trinajstić information content (AvgIpc) is 2.58. The summed E-state index contributed by atoms with van der Waals surface area (Å²) in [7, 11) is 0. The lowest BCUT2D eigenvalue weighted by Crippen LogP contribution is -2.50. The second-order valence-electron chi connectivity index (χ2n) is 5.77. The quantitative estimate of drug-likeness (QED) is 0.746. The predicted molar refractivity (Wildman–Crippen MR) is 65.6 cm³/mol. The van der Waals surface area contributed by atoms with Crippen molar-refractivity contribution in [3.63, 3.8) is 0 Å². The number of carbonyl (C=O) groups excluding carboxylic acids is 2. The van der Waals surface area contributed by atoms with Crippen LogP contribution in [0.5, 0.6) is 0 Å². The topological polar surface area (TPSA) is 101 Å². The molecule has 0 aliphatic heterocycles. The van der Waals surface area contributed by atoms with Crippen molar-refractivity contribution < 1.29 is 18.4 Å². The molecule has 0 aromatic carbocycles. The van der Waals surface area contributed by atoms with Crippen LogP contribution in [0.25, 0.3) is 0 Å². The van der Waals surface area contributed by atoms with E-state index in [2.05, 4.69) is 0 Å². The molecule has 102 valence electrons. The standard InChI is InChI=1S/C11H18N2O4S/c1-10(2)7-3-4-11(10,8(14)5-7)6-13(9(12)15)18(16)17/h7H,3-6H2,1-2H3,(H2,12,15)(H,16,17). The maximum absolute atomic E-state index is 12.2. The molecule has 3 N–H and O–H groups in total. The third-order valence-electron chi connectivity index (χ3n) is 4.99. The van der Waals surface area contributed by atoms with Gasteiger partial charge in [0.2, 0.25) is 0 Å². The zero-order chi connectivity index (χ0) is 13.7. The zero-order valence-corrected chi connectivity index (χ0v) is 11.3. The van der Waals surface area contributed by atoms with Crippen LogP contribution < -0.4 is 5.73 Å². The zero-order valence-electron chi connectivity index (χ0n) is 10.5. The van der Waals surface area contributed by atoms with Crippen LogP contribution in [0.3, 0.4) is 0 Å². The molecule has 3 unspecified atom stereocenters. The number of hydrogen-bond acceptors (Lipinski definition) is 3. The van der Waals surface area contributed by atoms with Gasteiger partial charge in [-0.25, -0.2) is 13.3 Å². The normalized spacial score (nSPS) is 34.6. The highest BCUT2D eigenvalue weighted by Gasteiger charge is 2.64. The van der Waals surface area contributed by atoms with E-state index in [-0.39, 0.29) is 17.7 Å². The molecule has 6 nitrogen and oxygen atoms in total. The van der Waals surface area contributed by atoms with Crippen LogP contribution in [-0.2, 0) is 16.1 Å². The minimum absolute atomic E-state index is 0.0617. The van der Waals surface area contributed by atoms with Crippen molar-refractivity contribution in [2.45, 2.75) is 33.1 Å². The molecule has 2 fully saturated rings. The Hall–Kier alpha value is -0.950. The van der Waals surface area contributed by atoms with Gasteiger partial charge in [-0.2, -0.15) is 0 Å². The van der Waals surface area contributed by atoms with E-state index < -0.39 is 22.7 Å². The number of amides is 2. The van der Waals surface area contributed by atoms with Gasteiger partial charge in [0, 0.05) is 6.42 Å². The van der Waals surface area contributed by atoms with Crippen molar-refractivity contribution in [2.24, 2.45) is 22.5 Å². The highest BCUT2D eigenvalue weighted by molar-refractivity contribution is 7.77. The first kappa shape index (κ1) is 13.5. The number of hydrogen-bond donors (Lipinski definition) is 2. The van der Waals surface area contributed by atoms with Crippen molar-refractivity contribution >= 4 is 23.1 Å². The minimum atomic E-state index is -2.48. The van der Waals surface area contributed by atoms with Gasteiger partial charge < -0.3 is 5.73 Å². The number of Topliss-reactive ketones (excluding diaryl/α,β-unsaturated/α-hetero) is 1. The molecule has 3 atom stereocenters. The van der Waals surface area contributed by atoms with Crippen LogP contribution in [0.4, 0.5) is 4.79 Å². The SMILES string of the molecule is CC1(C)C2CCC1(CN(C(N)=O)S(=O)O)C(=O)C2. The molecule has 2 bridgehead atoms. The molecule has 0 aromatic rings. The molecule has 0 saturated heterocycles. The summed E-state index contributed by atoms with van der Waals surface area (Å²) in [5.74, 6) is 0.382. The van der Waals surface area contributed by atoms with E-state index in [9.17, 15) is 13.8 Å². The van der Waals surface area contributed by atoms with Gasteiger partial charge in [0.15, 0.2) is 0 Å². The first-order chi connectivity index (χ1) is 8.22. The Morgan fingerprint density at radius 2 is 2.22 bits per heavy atom. The molecule has 2 saturated carbocycles. The molecule has 2 aliphatic carbocycles. The lowest BCUT2D eigenvalue weighted by Gasteiger charge is -2.38. The molecule has 0 spiro atoms. The summed E-state index contributed by atoms with van der Waals surface area (Å²) in [5, 5.41) is 0. The van der Waals surface area contributed by atoms with Gasteiger partial charge in [-0.3, -0.25) is 9.35 Å². The molecular formula is C11H18N2O4S. The summed E-state index contributed by atoms with van der Waals surface area (Å²) in [6.45, 7) is 3.93. The van der Waals surface area contributed by atoms with Gasteiger partial charge >= 0.3 is 6.03 Å².